The van der Waals surface area contributed by atoms with Crippen LogP contribution in [0.25, 0.3) is 0 Å². The van der Waals surface area contributed by atoms with Crippen molar-refractivity contribution in [3.63, 3.8) is 0 Å². The second-order valence-corrected chi connectivity index (χ2v) is 9.63. The summed E-state index contributed by atoms with van der Waals surface area (Å²) < 4.78 is 6.88. The van der Waals surface area contributed by atoms with Crippen molar-refractivity contribution >= 4 is 11.6 Å². The standard InChI is InChI=1S/C24H33N5O3/c1-5-32-23-20(27-19-11-17-10-18(15(19)2)24(17,3)4)12-22(31)29(28-23)14-21(30)26-13-16-6-8-25-9-7-16/h6-9,12,15,17-19,27H,5,10-11,13-14H2,1-4H3,(H,26,30)/t15-,17-,18+,19-/m1/s1. The van der Waals surface area contributed by atoms with Gasteiger partial charge in [-0.05, 0) is 60.6 Å². The second kappa shape index (κ2) is 8.92. The fraction of sp³-hybridized carbons (Fsp3) is 0.583. The summed E-state index contributed by atoms with van der Waals surface area (Å²) in [5.41, 5.74) is 1.61. The summed E-state index contributed by atoms with van der Waals surface area (Å²) in [5, 5.41) is 10.7. The van der Waals surface area contributed by atoms with Crippen LogP contribution in [0.3, 0.4) is 0 Å². The van der Waals surface area contributed by atoms with Crippen LogP contribution in [0.5, 0.6) is 5.88 Å². The molecule has 3 aliphatic rings. The normalized spacial score (nSPS) is 25.5. The molecule has 2 bridgehead atoms. The van der Waals surface area contributed by atoms with Gasteiger partial charge in [-0.25, -0.2) is 4.68 Å². The third kappa shape index (κ3) is 4.36. The molecule has 8 heteroatoms. The van der Waals surface area contributed by atoms with Gasteiger partial charge in [-0.2, -0.15) is 0 Å². The molecule has 32 heavy (non-hydrogen) atoms. The molecule has 4 atom stereocenters. The van der Waals surface area contributed by atoms with Gasteiger partial charge in [-0.15, -0.1) is 5.10 Å². The van der Waals surface area contributed by atoms with Crippen LogP contribution >= 0.6 is 0 Å². The average Bonchev–Trinajstić information content (AvgIpc) is 2.77. The van der Waals surface area contributed by atoms with Crippen molar-refractivity contribution in [1.29, 1.82) is 0 Å². The van der Waals surface area contributed by atoms with Gasteiger partial charge in [0, 0.05) is 31.0 Å². The predicted molar refractivity (Wildman–Crippen MR) is 122 cm³/mol. The number of hydrogen-bond donors (Lipinski definition) is 2. The Kier molecular flexibility index (Phi) is 6.22. The zero-order valence-electron chi connectivity index (χ0n) is 19.3. The molecule has 2 N–H and O–H groups in total. The van der Waals surface area contributed by atoms with Crippen molar-refractivity contribution < 1.29 is 9.53 Å². The number of nitrogens with zero attached hydrogens (tertiary/aromatic N) is 3. The van der Waals surface area contributed by atoms with Crippen molar-refractivity contribution in [3.05, 3.63) is 46.5 Å². The highest BCUT2D eigenvalue weighted by molar-refractivity contribution is 5.75. The highest BCUT2D eigenvalue weighted by Gasteiger charge is 2.56. The topological polar surface area (TPSA) is 98.1 Å². The monoisotopic (exact) mass is 439 g/mol. The molecule has 3 aliphatic carbocycles. The van der Waals surface area contributed by atoms with E-state index in [0.717, 1.165) is 16.7 Å². The molecule has 0 aromatic carbocycles. The minimum Gasteiger partial charge on any atom is -0.475 e. The molecule has 2 heterocycles. The smallest absolute Gasteiger partial charge is 0.269 e. The van der Waals surface area contributed by atoms with Gasteiger partial charge in [0.15, 0.2) is 0 Å². The number of aromatic nitrogens is 3. The van der Waals surface area contributed by atoms with Crippen LogP contribution in [0.2, 0.25) is 0 Å². The molecule has 5 rings (SSSR count). The van der Waals surface area contributed by atoms with E-state index in [0.29, 0.717) is 47.9 Å². The number of hydrogen-bond acceptors (Lipinski definition) is 6. The molecule has 1 amide bonds. The van der Waals surface area contributed by atoms with Crippen LogP contribution in [0.15, 0.2) is 35.4 Å². The quantitative estimate of drug-likeness (QED) is 0.656. The molecular formula is C24H33N5O3. The second-order valence-electron chi connectivity index (χ2n) is 9.63. The molecule has 3 fully saturated rings. The van der Waals surface area contributed by atoms with Gasteiger partial charge < -0.3 is 15.4 Å². The molecule has 0 aliphatic heterocycles. The average molecular weight is 440 g/mol. The Bertz CT molecular complexity index is 1020. The van der Waals surface area contributed by atoms with Crippen molar-refractivity contribution in [3.8, 4) is 5.88 Å². The number of rotatable bonds is 8. The Hall–Kier alpha value is -2.90. The first-order valence-electron chi connectivity index (χ1n) is 11.5. The van der Waals surface area contributed by atoms with Crippen LogP contribution in [0.1, 0.15) is 46.1 Å². The number of ether oxygens (including phenoxy) is 1. The summed E-state index contributed by atoms with van der Waals surface area (Å²) >= 11 is 0. The Morgan fingerprint density at radius 1 is 1.28 bits per heavy atom. The lowest BCUT2D eigenvalue weighted by Gasteiger charge is -2.62. The molecule has 0 unspecified atom stereocenters. The predicted octanol–water partition coefficient (Wildman–Crippen LogP) is 2.84. The zero-order valence-corrected chi connectivity index (χ0v) is 19.3. The maximum atomic E-state index is 12.7. The summed E-state index contributed by atoms with van der Waals surface area (Å²) in [6, 6.07) is 5.45. The fourth-order valence-corrected chi connectivity index (χ4v) is 5.37. The van der Waals surface area contributed by atoms with Gasteiger partial charge in [0.1, 0.15) is 12.2 Å². The van der Waals surface area contributed by atoms with E-state index in [1.165, 1.54) is 12.5 Å². The van der Waals surface area contributed by atoms with E-state index in [2.05, 4.69) is 41.5 Å². The van der Waals surface area contributed by atoms with E-state index < -0.39 is 0 Å². The summed E-state index contributed by atoms with van der Waals surface area (Å²) in [5.74, 6) is 1.97. The molecule has 172 valence electrons. The van der Waals surface area contributed by atoms with Crippen molar-refractivity contribution in [2.24, 2.45) is 23.2 Å². The van der Waals surface area contributed by atoms with E-state index in [4.69, 9.17) is 4.74 Å². The minimum atomic E-state index is -0.330. The van der Waals surface area contributed by atoms with Crippen LogP contribution < -0.4 is 20.9 Å². The summed E-state index contributed by atoms with van der Waals surface area (Å²) in [4.78, 5) is 29.1. The fourth-order valence-electron chi connectivity index (χ4n) is 5.37. The van der Waals surface area contributed by atoms with Crippen molar-refractivity contribution in [2.45, 2.75) is 59.7 Å². The van der Waals surface area contributed by atoms with Gasteiger partial charge in [0.25, 0.3) is 11.4 Å². The summed E-state index contributed by atoms with van der Waals surface area (Å²) in [6.45, 7) is 9.53. The first-order chi connectivity index (χ1) is 15.3. The van der Waals surface area contributed by atoms with Gasteiger partial charge in [-0.3, -0.25) is 14.6 Å². The lowest BCUT2D eigenvalue weighted by Crippen LogP contribution is -2.58. The lowest BCUT2D eigenvalue weighted by molar-refractivity contribution is -0.122. The number of fused-ring (bicyclic) bond motifs is 2. The Balaban J connectivity index is 1.45. The molecule has 0 spiro atoms. The first-order valence-corrected chi connectivity index (χ1v) is 11.5. The molecule has 2 aromatic rings. The number of anilines is 1. The number of carbonyl (C=O) groups excluding carboxylic acids is 1. The van der Waals surface area contributed by atoms with E-state index in [1.807, 2.05) is 19.1 Å². The third-order valence-corrected chi connectivity index (χ3v) is 7.47. The number of amides is 1. The Morgan fingerprint density at radius 2 is 2.03 bits per heavy atom. The van der Waals surface area contributed by atoms with Gasteiger partial charge in [0.2, 0.25) is 5.91 Å². The Labute approximate surface area is 188 Å². The molecule has 2 aromatic heterocycles. The summed E-state index contributed by atoms with van der Waals surface area (Å²) in [6.07, 6.45) is 5.71. The maximum absolute atomic E-state index is 12.7. The SMILES string of the molecule is CCOc1nn(CC(=O)NCc2ccncc2)c(=O)cc1N[C@@H]1C[C@H]2C[C@@H]([C@H]1C)C2(C)C. The van der Waals surface area contributed by atoms with E-state index in [-0.39, 0.29) is 24.1 Å². The van der Waals surface area contributed by atoms with Crippen LogP contribution in [-0.2, 0) is 17.9 Å². The highest BCUT2D eigenvalue weighted by atomic mass is 16.5. The van der Waals surface area contributed by atoms with Gasteiger partial charge in [-0.1, -0.05) is 20.8 Å². The van der Waals surface area contributed by atoms with Crippen LogP contribution in [-0.4, -0.2) is 33.3 Å². The van der Waals surface area contributed by atoms with E-state index >= 15 is 0 Å². The largest absolute Gasteiger partial charge is 0.475 e. The van der Waals surface area contributed by atoms with Crippen LogP contribution in [0.4, 0.5) is 5.69 Å². The minimum absolute atomic E-state index is 0.164. The van der Waals surface area contributed by atoms with Crippen molar-refractivity contribution in [2.75, 3.05) is 11.9 Å². The third-order valence-electron chi connectivity index (χ3n) is 7.47. The molecule has 3 saturated carbocycles. The maximum Gasteiger partial charge on any atom is 0.269 e. The number of carbonyl (C=O) groups is 1. The molecule has 0 radical (unpaired) electrons. The van der Waals surface area contributed by atoms with Gasteiger partial charge in [0.05, 0.1) is 6.61 Å². The van der Waals surface area contributed by atoms with Gasteiger partial charge >= 0.3 is 0 Å². The lowest BCUT2D eigenvalue weighted by atomic mass is 9.45. The van der Waals surface area contributed by atoms with E-state index in [1.54, 1.807) is 12.4 Å². The highest BCUT2D eigenvalue weighted by Crippen LogP contribution is 2.61. The molecular weight excluding hydrogens is 406 g/mol. The first kappa shape index (κ1) is 22.3. The number of pyridine rings is 1. The molecule has 0 saturated heterocycles. The Morgan fingerprint density at radius 3 is 2.69 bits per heavy atom. The summed E-state index contributed by atoms with van der Waals surface area (Å²) in [7, 11) is 0. The van der Waals surface area contributed by atoms with E-state index in [9.17, 15) is 9.59 Å². The molecule has 8 nitrogen and oxygen atoms in total. The van der Waals surface area contributed by atoms with Crippen molar-refractivity contribution in [1.82, 2.24) is 20.1 Å². The number of nitrogens with one attached hydrogen (secondary N) is 2. The van der Waals surface area contributed by atoms with Crippen LogP contribution in [0, 0.1) is 23.2 Å². The zero-order chi connectivity index (χ0) is 22.9.